The van der Waals surface area contributed by atoms with Gasteiger partial charge in [0.25, 0.3) is 16.7 Å². The number of hydrogen-bond donors (Lipinski definition) is 1. The Labute approximate surface area is 208 Å². The number of thioether (sulfide) groups is 1. The number of nitrogens with one attached hydrogen (secondary N) is 1. The lowest BCUT2D eigenvalue weighted by atomic mass is 10.0. The van der Waals surface area contributed by atoms with Crippen molar-refractivity contribution in [3.63, 3.8) is 0 Å². The SMILES string of the molecule is CC(C)CCC(C)NC(=O)CSc1nnc(-c2nn(Cc3ccccc3)c(=O)c3ccccc23)o1. The van der Waals surface area contributed by atoms with Crippen LogP contribution >= 0.6 is 11.8 Å². The van der Waals surface area contributed by atoms with E-state index in [1.165, 1.54) is 16.4 Å². The second-order valence-corrected chi connectivity index (χ2v) is 9.87. The van der Waals surface area contributed by atoms with Crippen LogP contribution < -0.4 is 10.9 Å². The van der Waals surface area contributed by atoms with Crippen molar-refractivity contribution in [2.75, 3.05) is 5.75 Å². The van der Waals surface area contributed by atoms with E-state index in [0.29, 0.717) is 28.9 Å². The molecule has 2 aromatic heterocycles. The van der Waals surface area contributed by atoms with Crippen LogP contribution in [0.3, 0.4) is 0 Å². The molecule has 0 radical (unpaired) electrons. The number of carbonyl (C=O) groups excluding carboxylic acids is 1. The molecular formula is C26H29N5O3S. The number of benzene rings is 2. The van der Waals surface area contributed by atoms with Gasteiger partial charge in [-0.1, -0.05) is 74.1 Å². The third-order valence-electron chi connectivity index (χ3n) is 5.56. The van der Waals surface area contributed by atoms with Crippen LogP contribution in [0.25, 0.3) is 22.4 Å². The molecule has 0 aliphatic rings. The molecule has 0 saturated heterocycles. The summed E-state index contributed by atoms with van der Waals surface area (Å²) in [4.78, 5) is 25.4. The highest BCUT2D eigenvalue weighted by atomic mass is 32.2. The molecule has 8 nitrogen and oxygen atoms in total. The van der Waals surface area contributed by atoms with E-state index >= 15 is 0 Å². The summed E-state index contributed by atoms with van der Waals surface area (Å²) in [6.45, 7) is 6.67. The molecule has 2 aromatic carbocycles. The van der Waals surface area contributed by atoms with Crippen molar-refractivity contribution in [3.05, 3.63) is 70.5 Å². The highest BCUT2D eigenvalue weighted by Crippen LogP contribution is 2.26. The standard InChI is InChI=1S/C26H29N5O3S/c1-17(2)13-14-18(3)27-22(32)16-35-26-29-28-24(34-26)23-20-11-7-8-12-21(20)25(33)31(30-23)15-19-9-5-4-6-10-19/h4-12,17-18H,13-16H2,1-3H3,(H,27,32). The van der Waals surface area contributed by atoms with E-state index in [1.807, 2.05) is 55.5 Å². The number of rotatable bonds is 10. The molecule has 1 amide bonds. The Bertz CT molecular complexity index is 1350. The van der Waals surface area contributed by atoms with Gasteiger partial charge in [0.05, 0.1) is 17.7 Å². The van der Waals surface area contributed by atoms with Crippen LogP contribution in [0.2, 0.25) is 0 Å². The van der Waals surface area contributed by atoms with Crippen LogP contribution in [0, 0.1) is 5.92 Å². The van der Waals surface area contributed by atoms with Gasteiger partial charge in [-0.25, -0.2) is 4.68 Å². The van der Waals surface area contributed by atoms with Crippen molar-refractivity contribution < 1.29 is 9.21 Å². The first-order valence-electron chi connectivity index (χ1n) is 11.7. The summed E-state index contributed by atoms with van der Waals surface area (Å²) < 4.78 is 7.25. The highest BCUT2D eigenvalue weighted by molar-refractivity contribution is 7.99. The zero-order valence-corrected chi connectivity index (χ0v) is 20.9. The topological polar surface area (TPSA) is 103 Å². The molecule has 0 aliphatic carbocycles. The molecule has 1 N–H and O–H groups in total. The third kappa shape index (κ3) is 6.36. The van der Waals surface area contributed by atoms with Crippen LogP contribution in [-0.2, 0) is 11.3 Å². The van der Waals surface area contributed by atoms with Crippen LogP contribution in [0.15, 0.2) is 69.0 Å². The van der Waals surface area contributed by atoms with Crippen LogP contribution in [0.5, 0.6) is 0 Å². The predicted molar refractivity (Wildman–Crippen MR) is 137 cm³/mol. The number of hydrogen-bond acceptors (Lipinski definition) is 7. The molecule has 0 spiro atoms. The third-order valence-corrected chi connectivity index (χ3v) is 6.38. The minimum absolute atomic E-state index is 0.0778. The summed E-state index contributed by atoms with van der Waals surface area (Å²) in [5.74, 6) is 0.907. The molecule has 1 unspecified atom stereocenters. The van der Waals surface area contributed by atoms with Crippen LogP contribution in [0.4, 0.5) is 0 Å². The van der Waals surface area contributed by atoms with Gasteiger partial charge in [0.1, 0.15) is 0 Å². The number of nitrogens with zero attached hydrogens (tertiary/aromatic N) is 4. The first-order chi connectivity index (χ1) is 16.9. The Morgan fingerprint density at radius 3 is 2.46 bits per heavy atom. The smallest absolute Gasteiger partial charge is 0.277 e. The van der Waals surface area contributed by atoms with Gasteiger partial charge < -0.3 is 9.73 Å². The first-order valence-corrected chi connectivity index (χ1v) is 12.7. The maximum atomic E-state index is 13.1. The summed E-state index contributed by atoms with van der Waals surface area (Å²) in [7, 11) is 0. The maximum Gasteiger partial charge on any atom is 0.277 e. The van der Waals surface area contributed by atoms with Gasteiger partial charge in [-0.2, -0.15) is 5.10 Å². The van der Waals surface area contributed by atoms with E-state index < -0.39 is 0 Å². The van der Waals surface area contributed by atoms with Gasteiger partial charge in [0, 0.05) is 11.4 Å². The molecule has 0 saturated carbocycles. The van der Waals surface area contributed by atoms with Gasteiger partial charge in [0.2, 0.25) is 5.91 Å². The fourth-order valence-electron chi connectivity index (χ4n) is 3.72. The Morgan fingerprint density at radius 2 is 1.71 bits per heavy atom. The fraction of sp³-hybridized carbons (Fsp3) is 0.346. The number of carbonyl (C=O) groups is 1. The van der Waals surface area contributed by atoms with Gasteiger partial charge in [-0.15, -0.1) is 10.2 Å². The zero-order chi connectivity index (χ0) is 24.8. The molecule has 1 atom stereocenters. The second-order valence-electron chi connectivity index (χ2n) is 8.94. The maximum absolute atomic E-state index is 13.1. The molecule has 9 heteroatoms. The quantitative estimate of drug-likeness (QED) is 0.325. The van der Waals surface area contributed by atoms with Gasteiger partial charge >= 0.3 is 0 Å². The summed E-state index contributed by atoms with van der Waals surface area (Å²) in [5, 5.41) is 17.2. The number of fused-ring (bicyclic) bond motifs is 1. The Hall–Kier alpha value is -3.46. The molecule has 182 valence electrons. The molecule has 35 heavy (non-hydrogen) atoms. The largest absolute Gasteiger partial charge is 0.409 e. The molecular weight excluding hydrogens is 462 g/mol. The lowest BCUT2D eigenvalue weighted by Crippen LogP contribution is -2.34. The Balaban J connectivity index is 1.52. The van der Waals surface area contributed by atoms with Crippen molar-refractivity contribution in [1.29, 1.82) is 0 Å². The van der Waals surface area contributed by atoms with Gasteiger partial charge in [-0.3, -0.25) is 9.59 Å². The summed E-state index contributed by atoms with van der Waals surface area (Å²) in [6, 6.07) is 17.0. The van der Waals surface area contributed by atoms with Crippen molar-refractivity contribution >= 4 is 28.4 Å². The molecule has 4 rings (SSSR count). The Morgan fingerprint density at radius 1 is 1.00 bits per heavy atom. The molecule has 0 fully saturated rings. The van der Waals surface area contributed by atoms with E-state index in [9.17, 15) is 9.59 Å². The van der Waals surface area contributed by atoms with Crippen molar-refractivity contribution in [2.24, 2.45) is 5.92 Å². The molecule has 2 heterocycles. The number of amides is 1. The molecule has 0 aliphatic heterocycles. The first kappa shape index (κ1) is 24.7. The average Bonchev–Trinajstić information content (AvgIpc) is 3.33. The van der Waals surface area contributed by atoms with Gasteiger partial charge in [-0.05, 0) is 37.3 Å². The lowest BCUT2D eigenvalue weighted by molar-refractivity contribution is -0.119. The van der Waals surface area contributed by atoms with E-state index in [-0.39, 0.29) is 34.4 Å². The molecule has 4 aromatic rings. The van der Waals surface area contributed by atoms with E-state index in [1.54, 1.807) is 6.07 Å². The molecule has 0 bridgehead atoms. The highest BCUT2D eigenvalue weighted by Gasteiger charge is 2.19. The van der Waals surface area contributed by atoms with E-state index in [2.05, 4.69) is 34.5 Å². The zero-order valence-electron chi connectivity index (χ0n) is 20.1. The van der Waals surface area contributed by atoms with Crippen molar-refractivity contribution in [1.82, 2.24) is 25.3 Å². The summed E-state index contributed by atoms with van der Waals surface area (Å²) in [6.07, 6.45) is 2.01. The van der Waals surface area contributed by atoms with E-state index in [4.69, 9.17) is 4.42 Å². The minimum atomic E-state index is -0.189. The van der Waals surface area contributed by atoms with E-state index in [0.717, 1.165) is 18.4 Å². The normalized spacial score (nSPS) is 12.2. The summed E-state index contributed by atoms with van der Waals surface area (Å²) in [5.41, 5.74) is 1.20. The second kappa shape index (κ2) is 11.3. The lowest BCUT2D eigenvalue weighted by Gasteiger charge is -2.14. The minimum Gasteiger partial charge on any atom is -0.409 e. The van der Waals surface area contributed by atoms with Crippen molar-refractivity contribution in [2.45, 2.75) is 51.4 Å². The Kier molecular flexibility index (Phi) is 7.97. The monoisotopic (exact) mass is 491 g/mol. The summed E-state index contributed by atoms with van der Waals surface area (Å²) >= 11 is 1.18. The number of aromatic nitrogens is 4. The van der Waals surface area contributed by atoms with Crippen molar-refractivity contribution in [3.8, 4) is 11.6 Å². The predicted octanol–water partition coefficient (Wildman–Crippen LogP) is 4.53. The fourth-order valence-corrected chi connectivity index (χ4v) is 4.29. The van der Waals surface area contributed by atoms with Gasteiger partial charge in [0.15, 0.2) is 5.69 Å². The average molecular weight is 492 g/mol. The van der Waals surface area contributed by atoms with Crippen LogP contribution in [-0.4, -0.2) is 37.7 Å². The van der Waals surface area contributed by atoms with Crippen LogP contribution in [0.1, 0.15) is 39.2 Å².